The maximum atomic E-state index is 12.5. The van der Waals surface area contributed by atoms with Crippen molar-refractivity contribution in [2.24, 2.45) is 0 Å². The molecular weight excluding hydrogens is 350 g/mol. The number of pyridine rings is 1. The summed E-state index contributed by atoms with van der Waals surface area (Å²) in [4.78, 5) is 21.1. The summed E-state index contributed by atoms with van der Waals surface area (Å²) < 4.78 is 5.66. The Bertz CT molecular complexity index is 1060. The molecule has 4 rings (SSSR count). The van der Waals surface area contributed by atoms with Crippen molar-refractivity contribution >= 4 is 28.5 Å². The molecule has 130 valence electrons. The van der Waals surface area contributed by atoms with E-state index in [-0.39, 0.29) is 11.7 Å². The van der Waals surface area contributed by atoms with E-state index >= 15 is 0 Å². The normalized spacial score (nSPS) is 10.9. The number of aromatic hydroxyl groups is 1. The molecule has 3 heterocycles. The Morgan fingerprint density at radius 1 is 1.23 bits per heavy atom. The first kappa shape index (κ1) is 16.3. The third-order valence-electron chi connectivity index (χ3n) is 3.98. The fraction of sp³-hybridized carbons (Fsp3) is 0.105. The standard InChI is InChI=1S/C19H15N3O3S/c23-15-4-2-1-3-12(15)5-8-20-17(24)14-6-9-21-19-16(14)22-18(25-19)13-7-10-26-11-13/h1-4,6-7,9-11,23H,5,8H2,(H,20,24). The predicted octanol–water partition coefficient (Wildman–Crippen LogP) is 3.63. The fourth-order valence-corrected chi connectivity index (χ4v) is 3.28. The van der Waals surface area contributed by atoms with Crippen molar-refractivity contribution in [1.29, 1.82) is 0 Å². The van der Waals surface area contributed by atoms with E-state index < -0.39 is 0 Å². The molecule has 0 atom stereocenters. The second-order valence-corrected chi connectivity index (χ2v) is 6.46. The van der Waals surface area contributed by atoms with E-state index in [1.807, 2.05) is 29.0 Å². The minimum absolute atomic E-state index is 0.227. The number of benzene rings is 1. The van der Waals surface area contributed by atoms with Crippen molar-refractivity contribution in [3.05, 3.63) is 64.5 Å². The molecule has 0 unspecified atom stereocenters. The molecule has 0 aliphatic carbocycles. The SMILES string of the molecule is O=C(NCCc1ccccc1O)c1ccnc2oc(-c3ccsc3)nc12. The second-order valence-electron chi connectivity index (χ2n) is 5.68. The van der Waals surface area contributed by atoms with Crippen LogP contribution in [0.15, 0.2) is 57.8 Å². The first-order chi connectivity index (χ1) is 12.7. The molecule has 0 spiro atoms. The molecule has 1 amide bonds. The fourth-order valence-electron chi connectivity index (χ4n) is 2.65. The highest BCUT2D eigenvalue weighted by Crippen LogP contribution is 2.26. The van der Waals surface area contributed by atoms with Crippen LogP contribution in [0.5, 0.6) is 5.75 Å². The first-order valence-corrected chi connectivity index (χ1v) is 9.00. The van der Waals surface area contributed by atoms with Crippen molar-refractivity contribution in [3.63, 3.8) is 0 Å². The van der Waals surface area contributed by atoms with E-state index in [4.69, 9.17) is 4.42 Å². The van der Waals surface area contributed by atoms with Crippen molar-refractivity contribution in [3.8, 4) is 17.2 Å². The summed E-state index contributed by atoms with van der Waals surface area (Å²) in [6.07, 6.45) is 2.06. The number of aromatic nitrogens is 2. The molecule has 4 aromatic rings. The van der Waals surface area contributed by atoms with E-state index in [1.165, 1.54) is 6.20 Å². The molecule has 7 heteroatoms. The van der Waals surface area contributed by atoms with Crippen LogP contribution in [0.4, 0.5) is 0 Å². The van der Waals surface area contributed by atoms with Gasteiger partial charge in [0, 0.05) is 23.7 Å². The predicted molar refractivity (Wildman–Crippen MR) is 99.3 cm³/mol. The summed E-state index contributed by atoms with van der Waals surface area (Å²) in [7, 11) is 0. The van der Waals surface area contributed by atoms with Gasteiger partial charge in [-0.25, -0.2) is 9.97 Å². The van der Waals surface area contributed by atoms with Gasteiger partial charge in [-0.1, -0.05) is 18.2 Å². The zero-order chi connectivity index (χ0) is 17.9. The van der Waals surface area contributed by atoms with Crippen LogP contribution < -0.4 is 5.32 Å². The monoisotopic (exact) mass is 365 g/mol. The number of nitrogens with zero attached hydrogens (tertiary/aromatic N) is 2. The van der Waals surface area contributed by atoms with E-state index in [9.17, 15) is 9.90 Å². The molecule has 0 aliphatic heterocycles. The van der Waals surface area contributed by atoms with Crippen LogP contribution in [-0.2, 0) is 6.42 Å². The Kier molecular flexibility index (Phi) is 4.37. The van der Waals surface area contributed by atoms with Gasteiger partial charge in [-0.2, -0.15) is 11.3 Å². The van der Waals surface area contributed by atoms with Gasteiger partial charge in [0.1, 0.15) is 11.3 Å². The lowest BCUT2D eigenvalue weighted by Crippen LogP contribution is -2.26. The highest BCUT2D eigenvalue weighted by Gasteiger charge is 2.17. The Balaban J connectivity index is 1.52. The molecule has 26 heavy (non-hydrogen) atoms. The summed E-state index contributed by atoms with van der Waals surface area (Å²) >= 11 is 1.54. The number of amides is 1. The van der Waals surface area contributed by atoms with Crippen LogP contribution in [0, 0.1) is 0 Å². The summed E-state index contributed by atoms with van der Waals surface area (Å²) in [5.41, 5.74) is 2.83. The Morgan fingerprint density at radius 2 is 2.12 bits per heavy atom. The van der Waals surface area contributed by atoms with Crippen LogP contribution >= 0.6 is 11.3 Å². The van der Waals surface area contributed by atoms with Gasteiger partial charge in [0.05, 0.1) is 5.56 Å². The number of fused-ring (bicyclic) bond motifs is 1. The topological polar surface area (TPSA) is 88.2 Å². The highest BCUT2D eigenvalue weighted by molar-refractivity contribution is 7.08. The van der Waals surface area contributed by atoms with Gasteiger partial charge in [-0.15, -0.1) is 0 Å². The minimum atomic E-state index is -0.252. The minimum Gasteiger partial charge on any atom is -0.508 e. The molecule has 6 nitrogen and oxygen atoms in total. The number of hydrogen-bond acceptors (Lipinski definition) is 6. The number of thiophene rings is 1. The smallest absolute Gasteiger partial charge is 0.253 e. The molecule has 0 bridgehead atoms. The molecule has 0 fully saturated rings. The maximum Gasteiger partial charge on any atom is 0.253 e. The van der Waals surface area contributed by atoms with Gasteiger partial charge < -0.3 is 14.8 Å². The molecule has 2 N–H and O–H groups in total. The van der Waals surface area contributed by atoms with E-state index in [0.29, 0.717) is 35.6 Å². The number of hydrogen-bond donors (Lipinski definition) is 2. The molecule has 1 aromatic carbocycles. The van der Waals surface area contributed by atoms with E-state index in [1.54, 1.807) is 29.5 Å². The Labute approximate surface area is 153 Å². The number of oxazole rings is 1. The lowest BCUT2D eigenvalue weighted by Gasteiger charge is -2.06. The van der Waals surface area contributed by atoms with Crippen molar-refractivity contribution in [1.82, 2.24) is 15.3 Å². The number of phenols is 1. The van der Waals surface area contributed by atoms with Crippen molar-refractivity contribution < 1.29 is 14.3 Å². The van der Waals surface area contributed by atoms with Gasteiger partial charge in [0.15, 0.2) is 0 Å². The van der Waals surface area contributed by atoms with Crippen LogP contribution in [0.2, 0.25) is 0 Å². The van der Waals surface area contributed by atoms with Gasteiger partial charge in [0.25, 0.3) is 5.91 Å². The van der Waals surface area contributed by atoms with Gasteiger partial charge >= 0.3 is 0 Å². The number of carbonyl (C=O) groups excluding carboxylic acids is 1. The maximum absolute atomic E-state index is 12.5. The third-order valence-corrected chi connectivity index (χ3v) is 4.66. The first-order valence-electron chi connectivity index (χ1n) is 8.05. The lowest BCUT2D eigenvalue weighted by molar-refractivity contribution is 0.0955. The quantitative estimate of drug-likeness (QED) is 0.564. The number of rotatable bonds is 5. The van der Waals surface area contributed by atoms with Crippen LogP contribution in [-0.4, -0.2) is 27.5 Å². The number of nitrogens with one attached hydrogen (secondary N) is 1. The summed E-state index contributed by atoms with van der Waals surface area (Å²) in [6, 6.07) is 10.6. The van der Waals surface area contributed by atoms with Crippen LogP contribution in [0.1, 0.15) is 15.9 Å². The number of carbonyl (C=O) groups is 1. The second kappa shape index (κ2) is 6.97. The molecule has 0 radical (unpaired) electrons. The van der Waals surface area contributed by atoms with Crippen molar-refractivity contribution in [2.75, 3.05) is 6.54 Å². The largest absolute Gasteiger partial charge is 0.508 e. The molecule has 0 saturated heterocycles. The summed E-state index contributed by atoms with van der Waals surface area (Å²) in [5.74, 6) is 0.422. The van der Waals surface area contributed by atoms with E-state index in [2.05, 4.69) is 15.3 Å². The molecule has 3 aromatic heterocycles. The third kappa shape index (κ3) is 3.16. The summed E-state index contributed by atoms with van der Waals surface area (Å²) in [6.45, 7) is 0.398. The van der Waals surface area contributed by atoms with Gasteiger partial charge in [0.2, 0.25) is 11.6 Å². The zero-order valence-electron chi connectivity index (χ0n) is 13.7. The molecule has 0 saturated carbocycles. The number of phenolic OH excluding ortho intramolecular Hbond substituents is 1. The van der Waals surface area contributed by atoms with E-state index in [0.717, 1.165) is 11.1 Å². The van der Waals surface area contributed by atoms with Gasteiger partial charge in [-0.3, -0.25) is 4.79 Å². The Morgan fingerprint density at radius 3 is 2.92 bits per heavy atom. The average Bonchev–Trinajstić information content (AvgIpc) is 3.32. The Hall–Kier alpha value is -3.19. The van der Waals surface area contributed by atoms with Crippen LogP contribution in [0.3, 0.4) is 0 Å². The lowest BCUT2D eigenvalue weighted by atomic mass is 10.1. The highest BCUT2D eigenvalue weighted by atomic mass is 32.1. The van der Waals surface area contributed by atoms with Crippen molar-refractivity contribution in [2.45, 2.75) is 6.42 Å². The average molecular weight is 365 g/mol. The zero-order valence-corrected chi connectivity index (χ0v) is 14.5. The molecular formula is C19H15N3O3S. The number of para-hydroxylation sites is 1. The molecule has 0 aliphatic rings. The van der Waals surface area contributed by atoms with Gasteiger partial charge in [-0.05, 0) is 35.6 Å². The summed E-state index contributed by atoms with van der Waals surface area (Å²) in [5, 5.41) is 16.5. The van der Waals surface area contributed by atoms with Crippen LogP contribution in [0.25, 0.3) is 22.7 Å².